The lowest BCUT2D eigenvalue weighted by Crippen LogP contribution is -2.35. The van der Waals surface area contributed by atoms with Crippen LogP contribution >= 0.6 is 15.9 Å². The van der Waals surface area contributed by atoms with Gasteiger partial charge in [-0.15, -0.1) is 0 Å². The van der Waals surface area contributed by atoms with E-state index in [0.29, 0.717) is 0 Å². The molecule has 0 saturated heterocycles. The zero-order valence-electron chi connectivity index (χ0n) is 11.4. The molecular weight excluding hydrogens is 343 g/mol. The second-order valence-electron chi connectivity index (χ2n) is 4.83. The summed E-state index contributed by atoms with van der Waals surface area (Å²) in [7, 11) is 0. The molecule has 21 heavy (non-hydrogen) atoms. The van der Waals surface area contributed by atoms with Crippen molar-refractivity contribution in [3.8, 4) is 0 Å². The quantitative estimate of drug-likeness (QED) is 0.771. The number of hydrogen-bond acceptors (Lipinski definition) is 1. The van der Waals surface area contributed by atoms with E-state index in [1.165, 1.54) is 12.1 Å². The first kappa shape index (κ1) is 16.0. The van der Waals surface area contributed by atoms with Crippen LogP contribution in [0, 0.1) is 0 Å². The molecule has 1 N–H and O–H groups in total. The van der Waals surface area contributed by atoms with Crippen molar-refractivity contribution in [2.24, 2.45) is 0 Å². The Kier molecular flexibility index (Phi) is 5.06. The molecule has 2 unspecified atom stereocenters. The van der Waals surface area contributed by atoms with Crippen LogP contribution < -0.4 is 5.32 Å². The van der Waals surface area contributed by atoms with Crippen LogP contribution in [0.1, 0.15) is 30.1 Å². The fraction of sp³-hybridized carbons (Fsp3) is 0.250. The molecule has 2 atom stereocenters. The fourth-order valence-corrected chi connectivity index (χ4v) is 2.56. The van der Waals surface area contributed by atoms with Crippen molar-refractivity contribution in [3.63, 3.8) is 0 Å². The lowest BCUT2D eigenvalue weighted by Gasteiger charge is -2.26. The summed E-state index contributed by atoms with van der Waals surface area (Å²) < 4.78 is 40.7. The molecule has 0 aromatic heterocycles. The van der Waals surface area contributed by atoms with Gasteiger partial charge in [-0.05, 0) is 30.2 Å². The second kappa shape index (κ2) is 6.62. The van der Waals surface area contributed by atoms with E-state index in [0.717, 1.165) is 10.0 Å². The summed E-state index contributed by atoms with van der Waals surface area (Å²) in [5.74, 6) is 0. The minimum Gasteiger partial charge on any atom is -0.296 e. The molecule has 112 valence electrons. The van der Waals surface area contributed by atoms with E-state index < -0.39 is 18.3 Å². The predicted molar refractivity (Wildman–Crippen MR) is 80.9 cm³/mol. The Hall–Kier alpha value is -1.33. The van der Waals surface area contributed by atoms with E-state index in [9.17, 15) is 13.2 Å². The van der Waals surface area contributed by atoms with Gasteiger partial charge in [0.2, 0.25) is 0 Å². The fourth-order valence-electron chi connectivity index (χ4n) is 2.15. The van der Waals surface area contributed by atoms with Crippen LogP contribution in [0.2, 0.25) is 0 Å². The molecule has 0 fully saturated rings. The number of alkyl halides is 3. The number of rotatable bonds is 4. The van der Waals surface area contributed by atoms with Gasteiger partial charge >= 0.3 is 6.18 Å². The third kappa shape index (κ3) is 4.32. The molecule has 2 aromatic carbocycles. The maximum atomic E-state index is 13.3. The summed E-state index contributed by atoms with van der Waals surface area (Å²) >= 11 is 3.33. The minimum absolute atomic E-state index is 0.215. The predicted octanol–water partition coefficient (Wildman–Crippen LogP) is 5.40. The van der Waals surface area contributed by atoms with Crippen molar-refractivity contribution in [3.05, 3.63) is 70.2 Å². The second-order valence-corrected chi connectivity index (χ2v) is 5.74. The molecule has 5 heteroatoms. The van der Waals surface area contributed by atoms with Crippen LogP contribution in [0.25, 0.3) is 0 Å². The number of benzene rings is 2. The van der Waals surface area contributed by atoms with Crippen molar-refractivity contribution >= 4 is 15.9 Å². The van der Waals surface area contributed by atoms with Gasteiger partial charge in [0.1, 0.15) is 6.04 Å². The van der Waals surface area contributed by atoms with E-state index in [2.05, 4.69) is 21.2 Å². The largest absolute Gasteiger partial charge is 0.407 e. The Balaban J connectivity index is 2.24. The van der Waals surface area contributed by atoms with Gasteiger partial charge in [-0.2, -0.15) is 13.2 Å². The molecule has 0 spiro atoms. The first-order valence-corrected chi connectivity index (χ1v) is 7.30. The Bertz CT molecular complexity index is 584. The normalized spacial score (nSPS) is 14.7. The first-order chi connectivity index (χ1) is 9.88. The Morgan fingerprint density at radius 1 is 0.952 bits per heavy atom. The van der Waals surface area contributed by atoms with Gasteiger partial charge in [0, 0.05) is 10.5 Å². The molecule has 2 rings (SSSR count). The highest BCUT2D eigenvalue weighted by atomic mass is 79.9. The Labute approximate surface area is 130 Å². The van der Waals surface area contributed by atoms with Crippen LogP contribution in [0.4, 0.5) is 13.2 Å². The average molecular weight is 358 g/mol. The highest BCUT2D eigenvalue weighted by molar-refractivity contribution is 9.10. The molecular formula is C16H15BrF3N. The van der Waals surface area contributed by atoms with E-state index in [1.54, 1.807) is 31.2 Å². The van der Waals surface area contributed by atoms with Crippen LogP contribution in [-0.4, -0.2) is 6.18 Å². The highest BCUT2D eigenvalue weighted by Crippen LogP contribution is 2.34. The van der Waals surface area contributed by atoms with Crippen LogP contribution in [0.5, 0.6) is 0 Å². The van der Waals surface area contributed by atoms with E-state index in [1.807, 2.05) is 18.2 Å². The van der Waals surface area contributed by atoms with E-state index in [4.69, 9.17) is 0 Å². The monoisotopic (exact) mass is 357 g/mol. The smallest absolute Gasteiger partial charge is 0.296 e. The van der Waals surface area contributed by atoms with Gasteiger partial charge in [-0.1, -0.05) is 58.4 Å². The van der Waals surface area contributed by atoms with Gasteiger partial charge in [0.15, 0.2) is 0 Å². The van der Waals surface area contributed by atoms with Gasteiger partial charge in [0.25, 0.3) is 0 Å². The van der Waals surface area contributed by atoms with E-state index >= 15 is 0 Å². The van der Waals surface area contributed by atoms with Gasteiger partial charge in [-0.3, -0.25) is 5.32 Å². The summed E-state index contributed by atoms with van der Waals surface area (Å²) in [5.41, 5.74) is 1.02. The molecule has 1 nitrogen and oxygen atoms in total. The van der Waals surface area contributed by atoms with Crippen LogP contribution in [-0.2, 0) is 0 Å². The zero-order chi connectivity index (χ0) is 15.5. The van der Waals surface area contributed by atoms with Crippen LogP contribution in [0.15, 0.2) is 59.1 Å². The maximum absolute atomic E-state index is 13.3. The van der Waals surface area contributed by atoms with Crippen molar-refractivity contribution in [1.82, 2.24) is 5.32 Å². The average Bonchev–Trinajstić information content (AvgIpc) is 2.44. The number of nitrogens with one attached hydrogen (secondary N) is 1. The molecule has 0 aliphatic heterocycles. The van der Waals surface area contributed by atoms with Gasteiger partial charge in [-0.25, -0.2) is 0 Å². The first-order valence-electron chi connectivity index (χ1n) is 6.51. The van der Waals surface area contributed by atoms with Crippen molar-refractivity contribution in [1.29, 1.82) is 0 Å². The molecule has 0 heterocycles. The molecule has 0 aliphatic rings. The number of hydrogen-bond donors (Lipinski definition) is 1. The molecule has 0 radical (unpaired) electrons. The zero-order valence-corrected chi connectivity index (χ0v) is 12.9. The third-order valence-corrected chi connectivity index (χ3v) is 3.72. The molecule has 0 aliphatic carbocycles. The SMILES string of the molecule is CC(NC(c1ccccc1)C(F)(F)F)c1cccc(Br)c1. The lowest BCUT2D eigenvalue weighted by atomic mass is 10.0. The molecule has 0 bridgehead atoms. The summed E-state index contributed by atoms with van der Waals surface area (Å²) in [6, 6.07) is 13.1. The van der Waals surface area contributed by atoms with Crippen molar-refractivity contribution in [2.75, 3.05) is 0 Å². The van der Waals surface area contributed by atoms with Gasteiger partial charge in [0.05, 0.1) is 0 Å². The minimum atomic E-state index is -4.35. The topological polar surface area (TPSA) is 12.0 Å². The van der Waals surface area contributed by atoms with Crippen LogP contribution in [0.3, 0.4) is 0 Å². The summed E-state index contributed by atoms with van der Waals surface area (Å²) in [5, 5.41) is 2.67. The van der Waals surface area contributed by atoms with Gasteiger partial charge < -0.3 is 0 Å². The maximum Gasteiger partial charge on any atom is 0.407 e. The molecule has 0 saturated carbocycles. The third-order valence-electron chi connectivity index (χ3n) is 3.23. The Morgan fingerprint density at radius 3 is 2.14 bits per heavy atom. The Morgan fingerprint density at radius 2 is 1.57 bits per heavy atom. The lowest BCUT2D eigenvalue weighted by molar-refractivity contribution is -0.159. The standard InChI is InChI=1S/C16H15BrF3N/c1-11(13-8-5-9-14(17)10-13)21-15(16(18,19)20)12-6-3-2-4-7-12/h2-11,15,21H,1H3. The number of halogens is 4. The summed E-state index contributed by atoms with van der Waals surface area (Å²) in [4.78, 5) is 0. The van der Waals surface area contributed by atoms with Crippen molar-refractivity contribution in [2.45, 2.75) is 25.2 Å². The van der Waals surface area contributed by atoms with E-state index in [-0.39, 0.29) is 5.56 Å². The molecule has 0 amide bonds. The summed E-state index contributed by atoms with van der Waals surface area (Å²) in [6.07, 6.45) is -4.35. The highest BCUT2D eigenvalue weighted by Gasteiger charge is 2.41. The molecule has 2 aromatic rings. The summed E-state index contributed by atoms with van der Waals surface area (Å²) in [6.45, 7) is 1.73. The van der Waals surface area contributed by atoms with Crippen molar-refractivity contribution < 1.29 is 13.2 Å².